The van der Waals surface area contributed by atoms with E-state index in [0.717, 1.165) is 12.1 Å². The molecule has 0 amide bonds. The lowest BCUT2D eigenvalue weighted by Gasteiger charge is -2.09. The SMILES string of the molecule is COc1ccc(NC(N)=NCCc2ccc(C)cc2C)cc1Cl.I. The largest absolute Gasteiger partial charge is 0.495 e. The second-order valence-corrected chi connectivity index (χ2v) is 5.83. The summed E-state index contributed by atoms with van der Waals surface area (Å²) in [7, 11) is 1.58. The second kappa shape index (κ2) is 9.74. The molecule has 0 bridgehead atoms. The summed E-state index contributed by atoms with van der Waals surface area (Å²) < 4.78 is 5.12. The van der Waals surface area contributed by atoms with Crippen molar-refractivity contribution in [1.82, 2.24) is 0 Å². The quantitative estimate of drug-likeness (QED) is 0.392. The van der Waals surface area contributed by atoms with Gasteiger partial charge < -0.3 is 15.8 Å². The minimum atomic E-state index is 0. The average Bonchev–Trinajstić information content (AvgIpc) is 2.49. The number of methoxy groups -OCH3 is 1. The zero-order valence-electron chi connectivity index (χ0n) is 14.1. The van der Waals surface area contributed by atoms with Gasteiger partial charge in [0, 0.05) is 12.2 Å². The summed E-state index contributed by atoms with van der Waals surface area (Å²) in [6.07, 6.45) is 0.859. The van der Waals surface area contributed by atoms with Crippen LogP contribution in [0.1, 0.15) is 16.7 Å². The van der Waals surface area contributed by atoms with Crippen LogP contribution >= 0.6 is 35.6 Å². The number of hydrogen-bond donors (Lipinski definition) is 2. The number of nitrogens with zero attached hydrogens (tertiary/aromatic N) is 1. The third-order valence-electron chi connectivity index (χ3n) is 3.59. The van der Waals surface area contributed by atoms with Crippen LogP contribution in [0.2, 0.25) is 5.02 Å². The Morgan fingerprint density at radius 3 is 2.58 bits per heavy atom. The number of benzene rings is 2. The predicted molar refractivity (Wildman–Crippen MR) is 113 cm³/mol. The smallest absolute Gasteiger partial charge is 0.193 e. The van der Waals surface area contributed by atoms with Crippen LogP contribution in [0.4, 0.5) is 5.69 Å². The van der Waals surface area contributed by atoms with E-state index in [1.54, 1.807) is 19.2 Å². The molecule has 0 heterocycles. The molecular weight excluding hydrogens is 437 g/mol. The van der Waals surface area contributed by atoms with Gasteiger partial charge >= 0.3 is 0 Å². The Kier molecular flexibility index (Phi) is 8.35. The van der Waals surface area contributed by atoms with Crippen molar-refractivity contribution < 1.29 is 4.74 Å². The van der Waals surface area contributed by atoms with Crippen LogP contribution in [0.15, 0.2) is 41.4 Å². The highest BCUT2D eigenvalue weighted by molar-refractivity contribution is 14.0. The lowest BCUT2D eigenvalue weighted by molar-refractivity contribution is 0.415. The molecule has 130 valence electrons. The van der Waals surface area contributed by atoms with Crippen LogP contribution in [0, 0.1) is 13.8 Å². The van der Waals surface area contributed by atoms with Crippen molar-refractivity contribution >= 4 is 47.2 Å². The van der Waals surface area contributed by atoms with Gasteiger partial charge in [-0.15, -0.1) is 24.0 Å². The van der Waals surface area contributed by atoms with E-state index in [2.05, 4.69) is 42.4 Å². The van der Waals surface area contributed by atoms with E-state index in [1.165, 1.54) is 16.7 Å². The van der Waals surface area contributed by atoms with Crippen LogP contribution in [-0.4, -0.2) is 19.6 Å². The maximum Gasteiger partial charge on any atom is 0.193 e. The highest BCUT2D eigenvalue weighted by Crippen LogP contribution is 2.27. The lowest BCUT2D eigenvalue weighted by Crippen LogP contribution is -2.23. The number of hydrogen-bond acceptors (Lipinski definition) is 2. The fourth-order valence-electron chi connectivity index (χ4n) is 2.35. The fourth-order valence-corrected chi connectivity index (χ4v) is 2.61. The predicted octanol–water partition coefficient (Wildman–Crippen LogP) is 4.55. The third-order valence-corrected chi connectivity index (χ3v) is 3.88. The first-order chi connectivity index (χ1) is 11.0. The van der Waals surface area contributed by atoms with Gasteiger partial charge in [-0.05, 0) is 49.6 Å². The number of nitrogens with two attached hydrogens (primary N) is 1. The van der Waals surface area contributed by atoms with Crippen molar-refractivity contribution in [1.29, 1.82) is 0 Å². The van der Waals surface area contributed by atoms with E-state index in [-0.39, 0.29) is 24.0 Å². The van der Waals surface area contributed by atoms with Crippen LogP contribution in [0.5, 0.6) is 5.75 Å². The van der Waals surface area contributed by atoms with Gasteiger partial charge in [-0.25, -0.2) is 0 Å². The maximum atomic E-state index is 6.08. The number of rotatable bonds is 5. The van der Waals surface area contributed by atoms with E-state index in [1.807, 2.05) is 6.07 Å². The summed E-state index contributed by atoms with van der Waals surface area (Å²) in [6.45, 7) is 4.84. The van der Waals surface area contributed by atoms with Gasteiger partial charge in [0.2, 0.25) is 0 Å². The lowest BCUT2D eigenvalue weighted by atomic mass is 10.0. The molecule has 0 fully saturated rings. The molecule has 0 aliphatic rings. The van der Waals surface area contributed by atoms with Gasteiger partial charge in [-0.3, -0.25) is 4.99 Å². The molecule has 0 saturated heterocycles. The second-order valence-electron chi connectivity index (χ2n) is 5.42. The van der Waals surface area contributed by atoms with E-state index in [4.69, 9.17) is 22.1 Å². The molecule has 0 radical (unpaired) electrons. The molecule has 2 aromatic carbocycles. The molecule has 6 heteroatoms. The first-order valence-electron chi connectivity index (χ1n) is 7.46. The maximum absolute atomic E-state index is 6.08. The molecule has 0 aromatic heterocycles. The molecule has 4 nitrogen and oxygen atoms in total. The molecule has 2 rings (SSSR count). The van der Waals surface area contributed by atoms with Crippen LogP contribution in [0.3, 0.4) is 0 Å². The number of anilines is 1. The topological polar surface area (TPSA) is 59.6 Å². The van der Waals surface area contributed by atoms with Gasteiger partial charge in [-0.1, -0.05) is 35.4 Å². The van der Waals surface area contributed by atoms with Crippen molar-refractivity contribution in [2.45, 2.75) is 20.3 Å². The fraction of sp³-hybridized carbons (Fsp3) is 0.278. The Morgan fingerprint density at radius 2 is 1.96 bits per heavy atom. The number of nitrogens with one attached hydrogen (secondary N) is 1. The van der Waals surface area contributed by atoms with E-state index < -0.39 is 0 Å². The normalized spacial score (nSPS) is 10.9. The standard InChI is InChI=1S/C18H22ClN3O.HI/c1-12-4-5-14(13(2)10-12)8-9-21-18(20)22-15-6-7-17(23-3)16(19)11-15;/h4-7,10-11H,8-9H2,1-3H3,(H3,20,21,22);1H. The van der Waals surface area contributed by atoms with Crippen LogP contribution in [-0.2, 0) is 6.42 Å². The van der Waals surface area contributed by atoms with E-state index in [9.17, 15) is 0 Å². The van der Waals surface area contributed by atoms with Crippen molar-refractivity contribution in [2.24, 2.45) is 10.7 Å². The van der Waals surface area contributed by atoms with Crippen LogP contribution < -0.4 is 15.8 Å². The first-order valence-corrected chi connectivity index (χ1v) is 7.84. The highest BCUT2D eigenvalue weighted by atomic mass is 127. The van der Waals surface area contributed by atoms with Gasteiger partial charge in [0.15, 0.2) is 5.96 Å². The van der Waals surface area contributed by atoms with E-state index >= 15 is 0 Å². The summed E-state index contributed by atoms with van der Waals surface area (Å²) in [5, 5.41) is 3.56. The average molecular weight is 460 g/mol. The first kappa shape index (κ1) is 20.6. The van der Waals surface area contributed by atoms with E-state index in [0.29, 0.717) is 23.3 Å². The zero-order valence-corrected chi connectivity index (χ0v) is 17.2. The summed E-state index contributed by atoms with van der Waals surface area (Å²) in [5.74, 6) is 0.999. The summed E-state index contributed by atoms with van der Waals surface area (Å²) in [6, 6.07) is 11.8. The molecule has 0 atom stereocenters. The third kappa shape index (κ3) is 5.87. The molecule has 0 aliphatic carbocycles. The summed E-state index contributed by atoms with van der Waals surface area (Å²) >= 11 is 6.08. The van der Waals surface area contributed by atoms with Gasteiger partial charge in [0.25, 0.3) is 0 Å². The Morgan fingerprint density at radius 1 is 1.21 bits per heavy atom. The van der Waals surface area contributed by atoms with Gasteiger partial charge in [-0.2, -0.15) is 0 Å². The number of aliphatic imine (C=N–C) groups is 1. The zero-order chi connectivity index (χ0) is 16.8. The highest BCUT2D eigenvalue weighted by Gasteiger charge is 2.03. The monoisotopic (exact) mass is 459 g/mol. The van der Waals surface area contributed by atoms with Crippen molar-refractivity contribution in [2.75, 3.05) is 19.0 Å². The van der Waals surface area contributed by atoms with Crippen molar-refractivity contribution in [3.05, 3.63) is 58.1 Å². The number of guanidine groups is 1. The number of aryl methyl sites for hydroxylation is 2. The van der Waals surface area contributed by atoms with Crippen molar-refractivity contribution in [3.63, 3.8) is 0 Å². The molecule has 24 heavy (non-hydrogen) atoms. The van der Waals surface area contributed by atoms with Gasteiger partial charge in [0.05, 0.1) is 12.1 Å². The minimum Gasteiger partial charge on any atom is -0.495 e. The summed E-state index contributed by atoms with van der Waals surface area (Å²) in [5.41, 5.74) is 10.5. The Bertz CT molecular complexity index is 719. The molecule has 3 N–H and O–H groups in total. The molecular formula is C18H23ClIN3O. The molecule has 0 spiro atoms. The molecule has 0 aliphatic heterocycles. The Hall–Kier alpha value is -1.47. The summed E-state index contributed by atoms with van der Waals surface area (Å²) in [4.78, 5) is 4.36. The Labute approximate surface area is 165 Å². The molecule has 0 unspecified atom stereocenters. The van der Waals surface area contributed by atoms with Crippen molar-refractivity contribution in [3.8, 4) is 5.75 Å². The van der Waals surface area contributed by atoms with Gasteiger partial charge in [0.1, 0.15) is 5.75 Å². The number of ether oxygens (including phenoxy) is 1. The minimum absolute atomic E-state index is 0. The van der Waals surface area contributed by atoms with Crippen LogP contribution in [0.25, 0.3) is 0 Å². The Balaban J connectivity index is 0.00000288. The number of halogens is 2. The molecule has 2 aromatic rings. The molecule has 0 saturated carbocycles.